The van der Waals surface area contributed by atoms with E-state index in [1.807, 2.05) is 12.1 Å². The van der Waals surface area contributed by atoms with Crippen LogP contribution >= 0.6 is 0 Å². The van der Waals surface area contributed by atoms with Crippen LogP contribution in [0.2, 0.25) is 0 Å². The molecule has 0 aromatic heterocycles. The summed E-state index contributed by atoms with van der Waals surface area (Å²) >= 11 is 0. The van der Waals surface area contributed by atoms with Gasteiger partial charge < -0.3 is 15.0 Å². The molecule has 0 atom stereocenters. The molecular formula is C21H24FN3O3. The molecule has 6 nitrogen and oxygen atoms in total. The fourth-order valence-corrected chi connectivity index (χ4v) is 3.16. The number of benzene rings is 2. The van der Waals surface area contributed by atoms with Crippen molar-refractivity contribution in [2.45, 2.75) is 6.42 Å². The summed E-state index contributed by atoms with van der Waals surface area (Å²) in [6.45, 7) is 3.72. The number of amides is 2. The molecular weight excluding hydrogens is 361 g/mol. The van der Waals surface area contributed by atoms with Crippen LogP contribution in [0.1, 0.15) is 15.9 Å². The van der Waals surface area contributed by atoms with Crippen LogP contribution in [0.25, 0.3) is 0 Å². The molecule has 1 heterocycles. The van der Waals surface area contributed by atoms with Crippen LogP contribution < -0.4 is 5.32 Å². The molecule has 1 saturated heterocycles. The lowest BCUT2D eigenvalue weighted by atomic mass is 10.1. The van der Waals surface area contributed by atoms with Gasteiger partial charge in [-0.25, -0.2) is 14.0 Å². The van der Waals surface area contributed by atoms with Gasteiger partial charge in [0.25, 0.3) is 0 Å². The van der Waals surface area contributed by atoms with E-state index in [-0.39, 0.29) is 11.8 Å². The molecule has 0 bridgehead atoms. The van der Waals surface area contributed by atoms with Crippen molar-refractivity contribution in [1.29, 1.82) is 0 Å². The molecule has 0 saturated carbocycles. The fraction of sp³-hybridized carbons (Fsp3) is 0.333. The standard InChI is InChI=1S/C21H24FN3O3/c1-28-20(26)17-3-2-4-19(15-17)23-21(27)25-13-11-24(12-14-25)10-9-16-5-7-18(22)8-6-16/h2-8,15H,9-14H2,1H3,(H,23,27). The van der Waals surface area contributed by atoms with Crippen molar-refractivity contribution in [3.8, 4) is 0 Å². The zero-order chi connectivity index (χ0) is 19.9. The number of methoxy groups -OCH3 is 1. The van der Waals surface area contributed by atoms with Gasteiger partial charge in [0.2, 0.25) is 0 Å². The van der Waals surface area contributed by atoms with Crippen LogP contribution in [0.5, 0.6) is 0 Å². The van der Waals surface area contributed by atoms with Crippen molar-refractivity contribution in [3.63, 3.8) is 0 Å². The Morgan fingerprint density at radius 1 is 1.07 bits per heavy atom. The molecule has 0 aliphatic carbocycles. The highest BCUT2D eigenvalue weighted by Gasteiger charge is 2.21. The van der Waals surface area contributed by atoms with Crippen molar-refractivity contribution >= 4 is 17.7 Å². The number of ether oxygens (including phenoxy) is 1. The number of piperazine rings is 1. The quantitative estimate of drug-likeness (QED) is 0.804. The molecule has 0 spiro atoms. The lowest BCUT2D eigenvalue weighted by Crippen LogP contribution is -2.50. The van der Waals surface area contributed by atoms with Gasteiger partial charge in [0.1, 0.15) is 5.82 Å². The highest BCUT2D eigenvalue weighted by Crippen LogP contribution is 2.13. The van der Waals surface area contributed by atoms with Crippen LogP contribution in [-0.2, 0) is 11.2 Å². The van der Waals surface area contributed by atoms with Crippen LogP contribution in [0, 0.1) is 5.82 Å². The lowest BCUT2D eigenvalue weighted by molar-refractivity contribution is 0.0600. The Labute approximate surface area is 163 Å². The number of esters is 1. The molecule has 148 valence electrons. The molecule has 1 fully saturated rings. The summed E-state index contributed by atoms with van der Waals surface area (Å²) in [7, 11) is 1.32. The first-order valence-corrected chi connectivity index (χ1v) is 9.26. The molecule has 2 aromatic rings. The van der Waals surface area contributed by atoms with Gasteiger partial charge in [-0.1, -0.05) is 18.2 Å². The van der Waals surface area contributed by atoms with Gasteiger partial charge in [-0.3, -0.25) is 4.90 Å². The fourth-order valence-electron chi connectivity index (χ4n) is 3.16. The first-order chi connectivity index (χ1) is 13.5. The van der Waals surface area contributed by atoms with Gasteiger partial charge in [-0.05, 0) is 42.3 Å². The maximum absolute atomic E-state index is 13.0. The number of carbonyl (C=O) groups is 2. The van der Waals surface area contributed by atoms with Gasteiger partial charge in [0.15, 0.2) is 0 Å². The molecule has 7 heteroatoms. The van der Waals surface area contributed by atoms with E-state index >= 15 is 0 Å². The molecule has 0 unspecified atom stereocenters. The molecule has 2 amide bonds. The van der Waals surface area contributed by atoms with Crippen molar-refractivity contribution < 1.29 is 18.7 Å². The number of nitrogens with zero attached hydrogens (tertiary/aromatic N) is 2. The zero-order valence-electron chi connectivity index (χ0n) is 15.9. The van der Waals surface area contributed by atoms with Crippen molar-refractivity contribution in [1.82, 2.24) is 9.80 Å². The third-order valence-electron chi connectivity index (χ3n) is 4.82. The average molecular weight is 385 g/mol. The maximum atomic E-state index is 13.0. The Kier molecular flexibility index (Phi) is 6.60. The van der Waals surface area contributed by atoms with E-state index in [4.69, 9.17) is 4.74 Å². The number of urea groups is 1. The Balaban J connectivity index is 1.46. The molecule has 1 aliphatic heterocycles. The third kappa shape index (κ3) is 5.29. The summed E-state index contributed by atoms with van der Waals surface area (Å²) in [4.78, 5) is 28.1. The minimum Gasteiger partial charge on any atom is -0.465 e. The molecule has 2 aromatic carbocycles. The number of hydrogen-bond donors (Lipinski definition) is 1. The number of carbonyl (C=O) groups excluding carboxylic acids is 2. The minimum atomic E-state index is -0.439. The molecule has 1 N–H and O–H groups in total. The van der Waals surface area contributed by atoms with E-state index in [0.717, 1.165) is 31.6 Å². The second kappa shape index (κ2) is 9.32. The summed E-state index contributed by atoms with van der Waals surface area (Å²) in [5.41, 5.74) is 2.06. The van der Waals surface area contributed by atoms with E-state index in [2.05, 4.69) is 10.2 Å². The van der Waals surface area contributed by atoms with E-state index < -0.39 is 5.97 Å². The second-order valence-corrected chi connectivity index (χ2v) is 6.71. The third-order valence-corrected chi connectivity index (χ3v) is 4.82. The summed E-state index contributed by atoms with van der Waals surface area (Å²) in [5.74, 6) is -0.661. The predicted octanol–water partition coefficient (Wildman–Crippen LogP) is 3.00. The summed E-state index contributed by atoms with van der Waals surface area (Å²) in [5, 5.41) is 2.83. The van der Waals surface area contributed by atoms with Gasteiger partial charge in [-0.15, -0.1) is 0 Å². The van der Waals surface area contributed by atoms with Crippen LogP contribution in [0.4, 0.5) is 14.9 Å². The van der Waals surface area contributed by atoms with Crippen LogP contribution in [0.3, 0.4) is 0 Å². The highest BCUT2D eigenvalue weighted by molar-refractivity contribution is 5.93. The lowest BCUT2D eigenvalue weighted by Gasteiger charge is -2.34. The summed E-state index contributed by atoms with van der Waals surface area (Å²) in [6, 6.07) is 13.1. The predicted molar refractivity (Wildman–Crippen MR) is 105 cm³/mol. The average Bonchev–Trinajstić information content (AvgIpc) is 2.73. The largest absolute Gasteiger partial charge is 0.465 e. The normalized spacial score (nSPS) is 14.6. The van der Waals surface area contributed by atoms with E-state index in [1.165, 1.54) is 19.2 Å². The highest BCUT2D eigenvalue weighted by atomic mass is 19.1. The minimum absolute atomic E-state index is 0.180. The number of anilines is 1. The first-order valence-electron chi connectivity index (χ1n) is 9.26. The second-order valence-electron chi connectivity index (χ2n) is 6.71. The number of halogens is 1. The van der Waals surface area contributed by atoms with E-state index in [9.17, 15) is 14.0 Å². The van der Waals surface area contributed by atoms with Gasteiger partial charge >= 0.3 is 12.0 Å². The maximum Gasteiger partial charge on any atom is 0.337 e. The summed E-state index contributed by atoms with van der Waals surface area (Å²) in [6.07, 6.45) is 0.854. The van der Waals surface area contributed by atoms with Crippen molar-refractivity contribution in [3.05, 3.63) is 65.5 Å². The van der Waals surface area contributed by atoms with Crippen LogP contribution in [-0.4, -0.2) is 61.6 Å². The first kappa shape index (κ1) is 19.8. The molecule has 3 rings (SSSR count). The number of nitrogens with one attached hydrogen (secondary N) is 1. The van der Waals surface area contributed by atoms with Gasteiger partial charge in [0.05, 0.1) is 12.7 Å². The molecule has 0 radical (unpaired) electrons. The van der Waals surface area contributed by atoms with Crippen molar-refractivity contribution in [2.24, 2.45) is 0 Å². The van der Waals surface area contributed by atoms with E-state index in [1.54, 1.807) is 29.2 Å². The topological polar surface area (TPSA) is 61.9 Å². The number of hydrogen-bond acceptors (Lipinski definition) is 4. The Bertz CT molecular complexity index is 818. The molecule has 1 aliphatic rings. The molecule has 28 heavy (non-hydrogen) atoms. The monoisotopic (exact) mass is 385 g/mol. The van der Waals surface area contributed by atoms with Crippen molar-refractivity contribution in [2.75, 3.05) is 45.2 Å². The van der Waals surface area contributed by atoms with Crippen LogP contribution in [0.15, 0.2) is 48.5 Å². The van der Waals surface area contributed by atoms with Gasteiger partial charge in [-0.2, -0.15) is 0 Å². The summed E-state index contributed by atoms with van der Waals surface area (Å²) < 4.78 is 17.7. The van der Waals surface area contributed by atoms with Gasteiger partial charge in [0, 0.05) is 38.4 Å². The smallest absolute Gasteiger partial charge is 0.337 e. The SMILES string of the molecule is COC(=O)c1cccc(NC(=O)N2CCN(CCc3ccc(F)cc3)CC2)c1. The Hall–Kier alpha value is -2.93. The Morgan fingerprint density at radius 3 is 2.46 bits per heavy atom. The Morgan fingerprint density at radius 2 is 1.79 bits per heavy atom. The number of rotatable bonds is 5. The van der Waals surface area contributed by atoms with E-state index in [0.29, 0.717) is 24.3 Å². The zero-order valence-corrected chi connectivity index (χ0v) is 15.9.